The zero-order chi connectivity index (χ0) is 13.9. The van der Waals surface area contributed by atoms with Crippen LogP contribution in [0.4, 0.5) is 13.2 Å². The fourth-order valence-electron chi connectivity index (χ4n) is 1.16. The van der Waals surface area contributed by atoms with Crippen molar-refractivity contribution in [2.45, 2.75) is 13.8 Å². The van der Waals surface area contributed by atoms with E-state index in [4.69, 9.17) is 0 Å². The molecule has 0 radical (unpaired) electrons. The lowest BCUT2D eigenvalue weighted by molar-refractivity contribution is -0.120. The van der Waals surface area contributed by atoms with E-state index in [0.717, 1.165) is 0 Å². The molecule has 0 unspecified atom stereocenters. The van der Waals surface area contributed by atoms with Gasteiger partial charge in [0.05, 0.1) is 6.54 Å². The van der Waals surface area contributed by atoms with Crippen LogP contribution >= 0.6 is 0 Å². The molecular formula is C12H12F3NO2. The summed E-state index contributed by atoms with van der Waals surface area (Å²) in [5, 5.41) is 2.21. The highest BCUT2D eigenvalue weighted by molar-refractivity contribution is 5.97. The summed E-state index contributed by atoms with van der Waals surface area (Å²) in [5.74, 6) is -5.84. The van der Waals surface area contributed by atoms with Gasteiger partial charge in [-0.1, -0.05) is 13.8 Å². The Kier molecular flexibility index (Phi) is 4.47. The third-order valence-corrected chi connectivity index (χ3v) is 2.31. The Balaban J connectivity index is 2.77. The van der Waals surface area contributed by atoms with Gasteiger partial charge in [-0.15, -0.1) is 0 Å². The number of nitrogens with one attached hydrogen (secondary N) is 1. The Bertz CT molecular complexity index is 463. The zero-order valence-electron chi connectivity index (χ0n) is 9.89. The number of halogens is 3. The molecule has 0 aliphatic carbocycles. The zero-order valence-corrected chi connectivity index (χ0v) is 9.89. The monoisotopic (exact) mass is 259 g/mol. The molecule has 1 amide bonds. The van der Waals surface area contributed by atoms with Crippen LogP contribution in [-0.2, 0) is 4.79 Å². The van der Waals surface area contributed by atoms with E-state index < -0.39 is 23.4 Å². The van der Waals surface area contributed by atoms with Gasteiger partial charge in [-0.2, -0.15) is 0 Å². The number of amides is 1. The average Bonchev–Trinajstić information content (AvgIpc) is 2.31. The van der Waals surface area contributed by atoms with E-state index in [0.29, 0.717) is 12.1 Å². The van der Waals surface area contributed by atoms with Crippen molar-refractivity contribution < 1.29 is 22.8 Å². The molecule has 0 saturated heterocycles. The van der Waals surface area contributed by atoms with Gasteiger partial charge in [0.25, 0.3) is 5.91 Å². The Morgan fingerprint density at radius 2 is 1.67 bits per heavy atom. The molecule has 0 spiro atoms. The van der Waals surface area contributed by atoms with Crippen molar-refractivity contribution in [2.24, 2.45) is 5.92 Å². The minimum atomic E-state index is -1.63. The van der Waals surface area contributed by atoms with Crippen LogP contribution in [0.5, 0.6) is 0 Å². The number of rotatable bonds is 4. The number of hydrogen-bond donors (Lipinski definition) is 1. The lowest BCUT2D eigenvalue weighted by Gasteiger charge is -2.07. The number of Topliss-reactive ketones (excluding diaryl/α,β-unsaturated/α-hetero) is 1. The highest BCUT2D eigenvalue weighted by atomic mass is 19.2. The van der Waals surface area contributed by atoms with Gasteiger partial charge in [0.15, 0.2) is 23.2 Å². The van der Waals surface area contributed by atoms with E-state index in [1.165, 1.54) is 0 Å². The Hall–Kier alpha value is -1.85. The predicted molar refractivity (Wildman–Crippen MR) is 58.5 cm³/mol. The molecule has 0 aliphatic rings. The van der Waals surface area contributed by atoms with Crippen molar-refractivity contribution in [3.05, 3.63) is 35.1 Å². The summed E-state index contributed by atoms with van der Waals surface area (Å²) in [6, 6.07) is 1.15. The largest absolute Gasteiger partial charge is 0.345 e. The second-order valence-electron chi connectivity index (χ2n) is 4.06. The van der Waals surface area contributed by atoms with Crippen LogP contribution in [0.25, 0.3) is 0 Å². The lowest BCUT2D eigenvalue weighted by atomic mass is 10.1. The summed E-state index contributed by atoms with van der Waals surface area (Å²) in [7, 11) is 0. The van der Waals surface area contributed by atoms with Crippen molar-refractivity contribution in [2.75, 3.05) is 6.54 Å². The minimum Gasteiger partial charge on any atom is -0.345 e. The molecule has 1 aromatic carbocycles. The van der Waals surface area contributed by atoms with Crippen molar-refractivity contribution in [1.82, 2.24) is 5.32 Å². The number of carbonyl (C=O) groups is 2. The van der Waals surface area contributed by atoms with Gasteiger partial charge in [-0.05, 0) is 12.1 Å². The second kappa shape index (κ2) is 5.66. The van der Waals surface area contributed by atoms with E-state index >= 15 is 0 Å². The maximum absolute atomic E-state index is 12.9. The molecule has 0 saturated carbocycles. The molecule has 98 valence electrons. The third-order valence-electron chi connectivity index (χ3n) is 2.31. The SMILES string of the molecule is CC(C)C(=O)CNC(=O)c1cc(F)c(F)c(F)c1. The van der Waals surface area contributed by atoms with Crippen LogP contribution in [0.1, 0.15) is 24.2 Å². The molecule has 0 aromatic heterocycles. The average molecular weight is 259 g/mol. The number of ketones is 1. The summed E-state index contributed by atoms with van der Waals surface area (Å²) < 4.78 is 38.4. The quantitative estimate of drug-likeness (QED) is 0.841. The maximum atomic E-state index is 12.9. The molecule has 0 atom stereocenters. The standard InChI is InChI=1S/C12H12F3NO2/c1-6(2)10(17)5-16-12(18)7-3-8(13)11(15)9(14)4-7/h3-4,6H,5H2,1-2H3,(H,16,18). The first-order valence-electron chi connectivity index (χ1n) is 5.28. The molecule has 18 heavy (non-hydrogen) atoms. The summed E-state index contributed by atoms with van der Waals surface area (Å²) in [5.41, 5.74) is -0.372. The van der Waals surface area contributed by atoms with Crippen molar-refractivity contribution in [1.29, 1.82) is 0 Å². The Morgan fingerprint density at radius 1 is 1.17 bits per heavy atom. The van der Waals surface area contributed by atoms with Gasteiger partial charge in [-0.25, -0.2) is 13.2 Å². The second-order valence-corrected chi connectivity index (χ2v) is 4.06. The molecule has 1 N–H and O–H groups in total. The van der Waals surface area contributed by atoms with E-state index in [1.54, 1.807) is 13.8 Å². The lowest BCUT2D eigenvalue weighted by Crippen LogP contribution is -2.31. The van der Waals surface area contributed by atoms with Crippen LogP contribution in [0.3, 0.4) is 0 Å². The summed E-state index contributed by atoms with van der Waals surface area (Å²) in [6.07, 6.45) is 0. The molecule has 0 aliphatic heterocycles. The first-order chi connectivity index (χ1) is 8.32. The molecule has 1 rings (SSSR count). The van der Waals surface area contributed by atoms with Crippen molar-refractivity contribution in [3.8, 4) is 0 Å². The van der Waals surface area contributed by atoms with Gasteiger partial charge >= 0.3 is 0 Å². The number of hydrogen-bond acceptors (Lipinski definition) is 2. The van der Waals surface area contributed by atoms with Gasteiger partial charge < -0.3 is 5.32 Å². The van der Waals surface area contributed by atoms with Crippen molar-refractivity contribution >= 4 is 11.7 Å². The van der Waals surface area contributed by atoms with Crippen LogP contribution in [-0.4, -0.2) is 18.2 Å². The topological polar surface area (TPSA) is 46.2 Å². The van der Waals surface area contributed by atoms with Crippen LogP contribution in [0, 0.1) is 23.4 Å². The first kappa shape index (κ1) is 14.2. The predicted octanol–water partition coefficient (Wildman–Crippen LogP) is 2.06. The molecular weight excluding hydrogens is 247 g/mol. The third kappa shape index (κ3) is 3.32. The Morgan fingerprint density at radius 3 is 2.11 bits per heavy atom. The maximum Gasteiger partial charge on any atom is 0.251 e. The van der Waals surface area contributed by atoms with E-state index in [-0.39, 0.29) is 23.8 Å². The van der Waals surface area contributed by atoms with Gasteiger partial charge in [0, 0.05) is 11.5 Å². The number of carbonyl (C=O) groups excluding carboxylic acids is 2. The highest BCUT2D eigenvalue weighted by Crippen LogP contribution is 2.13. The van der Waals surface area contributed by atoms with Crippen LogP contribution < -0.4 is 5.32 Å². The van der Waals surface area contributed by atoms with Gasteiger partial charge in [-0.3, -0.25) is 9.59 Å². The smallest absolute Gasteiger partial charge is 0.251 e. The van der Waals surface area contributed by atoms with Crippen molar-refractivity contribution in [3.63, 3.8) is 0 Å². The fourth-order valence-corrected chi connectivity index (χ4v) is 1.16. The van der Waals surface area contributed by atoms with E-state index in [1.807, 2.05) is 0 Å². The fraction of sp³-hybridized carbons (Fsp3) is 0.333. The Labute approximate surface area is 102 Å². The van der Waals surface area contributed by atoms with Crippen LogP contribution in [0.2, 0.25) is 0 Å². The number of benzene rings is 1. The highest BCUT2D eigenvalue weighted by Gasteiger charge is 2.16. The minimum absolute atomic E-state index is 0.216. The van der Waals surface area contributed by atoms with E-state index in [2.05, 4.69) is 5.32 Å². The first-order valence-corrected chi connectivity index (χ1v) is 5.28. The van der Waals surface area contributed by atoms with Crippen LogP contribution in [0.15, 0.2) is 12.1 Å². The normalized spacial score (nSPS) is 10.6. The molecule has 6 heteroatoms. The molecule has 1 aromatic rings. The molecule has 3 nitrogen and oxygen atoms in total. The summed E-state index contributed by atoms with van der Waals surface area (Å²) in [4.78, 5) is 22.7. The van der Waals surface area contributed by atoms with E-state index in [9.17, 15) is 22.8 Å². The summed E-state index contributed by atoms with van der Waals surface area (Å²) in [6.45, 7) is 3.08. The van der Waals surface area contributed by atoms with Gasteiger partial charge in [0.1, 0.15) is 0 Å². The molecule has 0 fully saturated rings. The summed E-state index contributed by atoms with van der Waals surface area (Å²) >= 11 is 0. The molecule has 0 bridgehead atoms. The van der Waals surface area contributed by atoms with Gasteiger partial charge in [0.2, 0.25) is 0 Å². The molecule has 0 heterocycles.